The number of likely N-dealkylation sites (tertiary alicyclic amines) is 1. The van der Waals surface area contributed by atoms with Gasteiger partial charge in [0.1, 0.15) is 5.76 Å². The molecule has 6 nitrogen and oxygen atoms in total. The SMILES string of the molecule is O=C(O)c1ccc([C@@H]2CCCN(C(=O)NCc3ccco3)C2)cc1. The molecule has 1 fully saturated rings. The highest BCUT2D eigenvalue weighted by atomic mass is 16.4. The lowest BCUT2D eigenvalue weighted by Gasteiger charge is -2.33. The van der Waals surface area contributed by atoms with Gasteiger partial charge in [-0.25, -0.2) is 9.59 Å². The summed E-state index contributed by atoms with van der Waals surface area (Å²) in [7, 11) is 0. The fourth-order valence-electron chi connectivity index (χ4n) is 3.02. The number of nitrogens with one attached hydrogen (secondary N) is 1. The lowest BCUT2D eigenvalue weighted by molar-refractivity contribution is 0.0697. The molecule has 126 valence electrons. The van der Waals surface area contributed by atoms with Crippen molar-refractivity contribution in [1.82, 2.24) is 10.2 Å². The highest BCUT2D eigenvalue weighted by molar-refractivity contribution is 5.87. The van der Waals surface area contributed by atoms with Crippen molar-refractivity contribution in [2.75, 3.05) is 13.1 Å². The first-order valence-electron chi connectivity index (χ1n) is 8.02. The van der Waals surface area contributed by atoms with Crippen LogP contribution in [0.4, 0.5) is 4.79 Å². The quantitative estimate of drug-likeness (QED) is 0.903. The maximum Gasteiger partial charge on any atom is 0.335 e. The van der Waals surface area contributed by atoms with E-state index in [-0.39, 0.29) is 17.5 Å². The van der Waals surface area contributed by atoms with E-state index in [0.717, 1.165) is 30.7 Å². The molecule has 2 N–H and O–H groups in total. The number of rotatable bonds is 4. The van der Waals surface area contributed by atoms with Gasteiger partial charge in [0.2, 0.25) is 0 Å². The van der Waals surface area contributed by atoms with Gasteiger partial charge in [-0.15, -0.1) is 0 Å². The second-order valence-corrected chi connectivity index (χ2v) is 5.95. The van der Waals surface area contributed by atoms with Gasteiger partial charge < -0.3 is 19.7 Å². The molecule has 24 heavy (non-hydrogen) atoms. The number of hydrogen-bond acceptors (Lipinski definition) is 3. The summed E-state index contributed by atoms with van der Waals surface area (Å²) >= 11 is 0. The Morgan fingerprint density at radius 1 is 1.25 bits per heavy atom. The zero-order valence-electron chi connectivity index (χ0n) is 13.3. The summed E-state index contributed by atoms with van der Waals surface area (Å²) in [5.41, 5.74) is 1.35. The Morgan fingerprint density at radius 2 is 2.04 bits per heavy atom. The molecule has 1 aliphatic heterocycles. The highest BCUT2D eigenvalue weighted by Gasteiger charge is 2.24. The van der Waals surface area contributed by atoms with Crippen LogP contribution in [0.5, 0.6) is 0 Å². The maximum atomic E-state index is 12.3. The van der Waals surface area contributed by atoms with E-state index in [0.29, 0.717) is 13.1 Å². The molecule has 2 amide bonds. The third-order valence-electron chi connectivity index (χ3n) is 4.33. The molecule has 1 aliphatic rings. The molecule has 3 rings (SSSR count). The molecule has 1 saturated heterocycles. The van der Waals surface area contributed by atoms with E-state index in [1.807, 2.05) is 23.1 Å². The molecule has 6 heteroatoms. The molecular weight excluding hydrogens is 308 g/mol. The Hall–Kier alpha value is -2.76. The number of carbonyl (C=O) groups is 2. The van der Waals surface area contributed by atoms with Crippen molar-refractivity contribution >= 4 is 12.0 Å². The molecule has 1 atom stereocenters. The van der Waals surface area contributed by atoms with Crippen molar-refractivity contribution in [2.24, 2.45) is 0 Å². The summed E-state index contributed by atoms with van der Waals surface area (Å²) in [6.45, 7) is 1.74. The van der Waals surface area contributed by atoms with Gasteiger partial charge in [0.05, 0.1) is 18.4 Å². The first kappa shape index (κ1) is 16.1. The molecule has 0 radical (unpaired) electrons. The minimum absolute atomic E-state index is 0.0988. The van der Waals surface area contributed by atoms with E-state index >= 15 is 0 Å². The average Bonchev–Trinajstić information content (AvgIpc) is 3.13. The topological polar surface area (TPSA) is 82.8 Å². The Bertz CT molecular complexity index is 694. The van der Waals surface area contributed by atoms with Crippen LogP contribution < -0.4 is 5.32 Å². The van der Waals surface area contributed by atoms with Gasteiger partial charge in [-0.3, -0.25) is 0 Å². The van der Waals surface area contributed by atoms with Crippen molar-refractivity contribution in [3.8, 4) is 0 Å². The second-order valence-electron chi connectivity index (χ2n) is 5.95. The van der Waals surface area contributed by atoms with Gasteiger partial charge in [0.15, 0.2) is 0 Å². The Labute approximate surface area is 140 Å². The lowest BCUT2D eigenvalue weighted by atomic mass is 9.90. The van der Waals surface area contributed by atoms with Crippen molar-refractivity contribution in [1.29, 1.82) is 0 Å². The van der Waals surface area contributed by atoms with Crippen LogP contribution in [-0.2, 0) is 6.54 Å². The van der Waals surface area contributed by atoms with E-state index in [9.17, 15) is 9.59 Å². The predicted molar refractivity (Wildman–Crippen MR) is 87.9 cm³/mol. The zero-order valence-corrected chi connectivity index (χ0v) is 13.3. The number of aromatic carboxylic acids is 1. The van der Waals surface area contributed by atoms with Crippen LogP contribution in [0, 0.1) is 0 Å². The monoisotopic (exact) mass is 328 g/mol. The van der Waals surface area contributed by atoms with Crippen molar-refractivity contribution in [3.05, 3.63) is 59.5 Å². The molecule has 0 spiro atoms. The molecule has 1 aromatic heterocycles. The molecule has 2 aromatic rings. The normalized spacial score (nSPS) is 17.5. The standard InChI is InChI=1S/C18H20N2O4/c21-17(22)14-7-5-13(6-8-14)15-3-1-9-20(12-15)18(23)19-11-16-4-2-10-24-16/h2,4-8,10,15H,1,3,9,11-12H2,(H,19,23)(H,21,22)/t15-/m1/s1. The first-order chi connectivity index (χ1) is 11.6. The van der Waals surface area contributed by atoms with E-state index in [1.165, 1.54) is 0 Å². The van der Waals surface area contributed by atoms with E-state index < -0.39 is 5.97 Å². The Balaban J connectivity index is 1.59. The molecular formula is C18H20N2O4. The molecule has 0 bridgehead atoms. The summed E-state index contributed by atoms with van der Waals surface area (Å²) in [5.74, 6) is 0.0289. The minimum atomic E-state index is -0.927. The van der Waals surface area contributed by atoms with Crippen molar-refractivity contribution < 1.29 is 19.1 Å². The number of benzene rings is 1. The highest BCUT2D eigenvalue weighted by Crippen LogP contribution is 2.27. The summed E-state index contributed by atoms with van der Waals surface area (Å²) < 4.78 is 5.21. The van der Waals surface area contributed by atoms with Crippen molar-refractivity contribution in [2.45, 2.75) is 25.3 Å². The van der Waals surface area contributed by atoms with Gasteiger partial charge in [-0.2, -0.15) is 0 Å². The Kier molecular flexibility index (Phi) is 4.84. The van der Waals surface area contributed by atoms with Gasteiger partial charge in [-0.05, 0) is 42.7 Å². The number of urea groups is 1. The number of carboxylic acids is 1. The fraction of sp³-hybridized carbons (Fsp3) is 0.333. The molecule has 1 aromatic carbocycles. The molecule has 0 aliphatic carbocycles. The number of nitrogens with zero attached hydrogens (tertiary/aromatic N) is 1. The second kappa shape index (κ2) is 7.21. The third-order valence-corrected chi connectivity index (χ3v) is 4.33. The molecule has 2 heterocycles. The van der Waals surface area contributed by atoms with E-state index in [4.69, 9.17) is 9.52 Å². The molecule has 0 unspecified atom stereocenters. The maximum absolute atomic E-state index is 12.3. The van der Waals surface area contributed by atoms with Gasteiger partial charge in [0.25, 0.3) is 0 Å². The van der Waals surface area contributed by atoms with Crippen LogP contribution in [0.2, 0.25) is 0 Å². The summed E-state index contributed by atoms with van der Waals surface area (Å²) in [4.78, 5) is 25.0. The summed E-state index contributed by atoms with van der Waals surface area (Å²) in [6, 6.07) is 10.4. The largest absolute Gasteiger partial charge is 0.478 e. The number of carbonyl (C=O) groups excluding carboxylic acids is 1. The number of furan rings is 1. The number of carboxylic acid groups (broad SMARTS) is 1. The zero-order chi connectivity index (χ0) is 16.9. The van der Waals surface area contributed by atoms with Gasteiger partial charge in [0, 0.05) is 19.0 Å². The van der Waals surface area contributed by atoms with Crippen LogP contribution in [0.1, 0.15) is 40.4 Å². The van der Waals surface area contributed by atoms with Crippen LogP contribution in [0.15, 0.2) is 47.1 Å². The fourth-order valence-corrected chi connectivity index (χ4v) is 3.02. The number of hydrogen-bond donors (Lipinski definition) is 2. The smallest absolute Gasteiger partial charge is 0.335 e. The van der Waals surface area contributed by atoms with Gasteiger partial charge in [-0.1, -0.05) is 12.1 Å². The third kappa shape index (κ3) is 3.76. The molecule has 0 saturated carbocycles. The van der Waals surface area contributed by atoms with Crippen LogP contribution in [0.3, 0.4) is 0 Å². The Morgan fingerprint density at radius 3 is 2.71 bits per heavy atom. The van der Waals surface area contributed by atoms with E-state index in [1.54, 1.807) is 24.5 Å². The first-order valence-corrected chi connectivity index (χ1v) is 8.02. The van der Waals surface area contributed by atoms with Crippen LogP contribution in [0.25, 0.3) is 0 Å². The average molecular weight is 328 g/mol. The summed E-state index contributed by atoms with van der Waals surface area (Å²) in [6.07, 6.45) is 3.51. The van der Waals surface area contributed by atoms with Crippen LogP contribution >= 0.6 is 0 Å². The number of piperidine rings is 1. The van der Waals surface area contributed by atoms with Crippen molar-refractivity contribution in [3.63, 3.8) is 0 Å². The summed E-state index contributed by atoms with van der Waals surface area (Å²) in [5, 5.41) is 11.8. The lowest BCUT2D eigenvalue weighted by Crippen LogP contribution is -2.44. The van der Waals surface area contributed by atoms with E-state index in [2.05, 4.69) is 5.32 Å². The predicted octanol–water partition coefficient (Wildman–Crippen LogP) is 3.07. The minimum Gasteiger partial charge on any atom is -0.478 e. The number of amides is 2. The van der Waals surface area contributed by atoms with Gasteiger partial charge >= 0.3 is 12.0 Å². The van der Waals surface area contributed by atoms with Crippen LogP contribution in [-0.4, -0.2) is 35.1 Å².